The largest absolute Gasteiger partial charge is 0.459 e. The lowest BCUT2D eigenvalue weighted by Crippen LogP contribution is -2.16. The number of furan rings is 1. The standard InChI is InChI=1S/C19H18ClN3O2/c1-12-6-7-16(20)10-17(12)23-13(2)9-15(14(23)3)11-21-22-19(24)18-5-4-8-25-18/h4-11H,1-3H3,(H,22,24)/b21-11-. The van der Waals surface area contributed by atoms with Crippen LogP contribution in [0.5, 0.6) is 0 Å². The Labute approximate surface area is 150 Å². The molecule has 3 aromatic rings. The highest BCUT2D eigenvalue weighted by Crippen LogP contribution is 2.25. The first-order valence-corrected chi connectivity index (χ1v) is 8.17. The van der Waals surface area contributed by atoms with E-state index in [4.69, 9.17) is 16.0 Å². The van der Waals surface area contributed by atoms with E-state index in [1.54, 1.807) is 18.3 Å². The van der Waals surface area contributed by atoms with Crippen molar-refractivity contribution in [3.63, 3.8) is 0 Å². The maximum atomic E-state index is 11.8. The van der Waals surface area contributed by atoms with Gasteiger partial charge in [0.2, 0.25) is 0 Å². The summed E-state index contributed by atoms with van der Waals surface area (Å²) in [4.78, 5) is 11.8. The van der Waals surface area contributed by atoms with Gasteiger partial charge in [0.1, 0.15) is 0 Å². The summed E-state index contributed by atoms with van der Waals surface area (Å²) in [5, 5.41) is 4.71. The molecular formula is C19H18ClN3O2. The Bertz CT molecular complexity index is 940. The van der Waals surface area contributed by atoms with Crippen molar-refractivity contribution in [3.05, 3.63) is 76.0 Å². The summed E-state index contributed by atoms with van der Waals surface area (Å²) in [5.74, 6) is -0.169. The van der Waals surface area contributed by atoms with Crippen LogP contribution >= 0.6 is 11.6 Å². The van der Waals surface area contributed by atoms with Crippen molar-refractivity contribution in [2.75, 3.05) is 0 Å². The van der Waals surface area contributed by atoms with E-state index in [9.17, 15) is 4.79 Å². The van der Waals surface area contributed by atoms with Gasteiger partial charge in [0.15, 0.2) is 5.76 Å². The molecule has 3 rings (SSSR count). The van der Waals surface area contributed by atoms with Crippen molar-refractivity contribution < 1.29 is 9.21 Å². The van der Waals surface area contributed by atoms with Crippen molar-refractivity contribution in [1.82, 2.24) is 9.99 Å². The molecular weight excluding hydrogens is 338 g/mol. The van der Waals surface area contributed by atoms with E-state index < -0.39 is 0 Å². The molecule has 25 heavy (non-hydrogen) atoms. The monoisotopic (exact) mass is 355 g/mol. The number of nitrogens with one attached hydrogen (secondary N) is 1. The van der Waals surface area contributed by atoms with Gasteiger partial charge in [-0.25, -0.2) is 5.43 Å². The van der Waals surface area contributed by atoms with Crippen molar-refractivity contribution in [3.8, 4) is 5.69 Å². The van der Waals surface area contributed by atoms with Gasteiger partial charge in [-0.05, 0) is 56.7 Å². The van der Waals surface area contributed by atoms with Gasteiger partial charge in [0.05, 0.1) is 12.5 Å². The van der Waals surface area contributed by atoms with Crippen LogP contribution < -0.4 is 5.43 Å². The van der Waals surface area contributed by atoms with E-state index in [1.807, 2.05) is 45.0 Å². The molecule has 0 aliphatic heterocycles. The summed E-state index contributed by atoms with van der Waals surface area (Å²) in [7, 11) is 0. The van der Waals surface area contributed by atoms with Gasteiger partial charge >= 0.3 is 5.91 Å². The average molecular weight is 356 g/mol. The highest BCUT2D eigenvalue weighted by molar-refractivity contribution is 6.30. The molecule has 0 fully saturated rings. The predicted octanol–water partition coefficient (Wildman–Crippen LogP) is 4.41. The minimum Gasteiger partial charge on any atom is -0.459 e. The highest BCUT2D eigenvalue weighted by atomic mass is 35.5. The fourth-order valence-electron chi connectivity index (χ4n) is 2.74. The number of rotatable bonds is 4. The van der Waals surface area contributed by atoms with E-state index in [1.165, 1.54) is 6.26 Å². The fraction of sp³-hybridized carbons (Fsp3) is 0.158. The molecule has 2 heterocycles. The molecule has 0 aliphatic carbocycles. The third-order valence-electron chi connectivity index (χ3n) is 4.00. The van der Waals surface area contributed by atoms with Gasteiger partial charge in [-0.1, -0.05) is 17.7 Å². The lowest BCUT2D eigenvalue weighted by atomic mass is 10.2. The molecule has 0 atom stereocenters. The maximum Gasteiger partial charge on any atom is 0.307 e. The molecule has 2 aromatic heterocycles. The summed E-state index contributed by atoms with van der Waals surface area (Å²) in [6, 6.07) is 11.1. The smallest absolute Gasteiger partial charge is 0.307 e. The minimum absolute atomic E-state index is 0.220. The van der Waals surface area contributed by atoms with E-state index in [0.29, 0.717) is 5.02 Å². The number of carbonyl (C=O) groups is 1. The molecule has 0 saturated heterocycles. The molecule has 1 N–H and O–H groups in total. The topological polar surface area (TPSA) is 59.5 Å². The van der Waals surface area contributed by atoms with Crippen LogP contribution in [0.2, 0.25) is 5.02 Å². The Balaban J connectivity index is 1.86. The number of carbonyl (C=O) groups excluding carboxylic acids is 1. The van der Waals surface area contributed by atoms with Gasteiger partial charge in [-0.15, -0.1) is 0 Å². The number of hydrogen-bond donors (Lipinski definition) is 1. The van der Waals surface area contributed by atoms with E-state index >= 15 is 0 Å². The Morgan fingerprint density at radius 1 is 1.24 bits per heavy atom. The quantitative estimate of drug-likeness (QED) is 0.556. The van der Waals surface area contributed by atoms with Gasteiger partial charge in [-0.3, -0.25) is 4.79 Å². The summed E-state index contributed by atoms with van der Waals surface area (Å²) in [6.07, 6.45) is 3.07. The molecule has 0 radical (unpaired) electrons. The van der Waals surface area contributed by atoms with Crippen molar-refractivity contribution in [2.24, 2.45) is 5.10 Å². The zero-order valence-corrected chi connectivity index (χ0v) is 15.0. The summed E-state index contributed by atoms with van der Waals surface area (Å²) < 4.78 is 7.15. The minimum atomic E-state index is -0.388. The number of hydrazone groups is 1. The van der Waals surface area contributed by atoms with E-state index in [0.717, 1.165) is 28.2 Å². The van der Waals surface area contributed by atoms with Crippen LogP contribution in [0.15, 0.2) is 52.2 Å². The molecule has 5 nitrogen and oxygen atoms in total. The molecule has 0 bridgehead atoms. The summed E-state index contributed by atoms with van der Waals surface area (Å²) in [6.45, 7) is 6.07. The molecule has 1 aromatic carbocycles. The zero-order chi connectivity index (χ0) is 18.0. The number of halogens is 1. The van der Waals surface area contributed by atoms with Crippen LogP contribution in [0, 0.1) is 20.8 Å². The van der Waals surface area contributed by atoms with Crippen LogP contribution in [0.3, 0.4) is 0 Å². The SMILES string of the molecule is Cc1ccc(Cl)cc1-n1c(C)cc(/C=N\NC(=O)c2ccco2)c1C. The third kappa shape index (κ3) is 3.51. The van der Waals surface area contributed by atoms with Gasteiger partial charge in [0.25, 0.3) is 0 Å². The van der Waals surface area contributed by atoms with E-state index in [2.05, 4.69) is 15.1 Å². The molecule has 0 aliphatic rings. The van der Waals surface area contributed by atoms with Gasteiger partial charge in [0, 0.05) is 27.7 Å². The number of aromatic nitrogens is 1. The van der Waals surface area contributed by atoms with Crippen LogP contribution in [0.1, 0.15) is 33.1 Å². The van der Waals surface area contributed by atoms with Gasteiger partial charge < -0.3 is 8.98 Å². The van der Waals surface area contributed by atoms with Crippen LogP contribution in [-0.2, 0) is 0 Å². The summed E-state index contributed by atoms with van der Waals surface area (Å²) in [5.41, 5.74) is 7.59. The van der Waals surface area contributed by atoms with Crippen molar-refractivity contribution in [2.45, 2.75) is 20.8 Å². The van der Waals surface area contributed by atoms with Crippen molar-refractivity contribution in [1.29, 1.82) is 0 Å². The van der Waals surface area contributed by atoms with Crippen LogP contribution in [-0.4, -0.2) is 16.7 Å². The fourth-order valence-corrected chi connectivity index (χ4v) is 2.90. The number of hydrogen-bond acceptors (Lipinski definition) is 3. The Kier molecular flexibility index (Phi) is 4.76. The van der Waals surface area contributed by atoms with Crippen molar-refractivity contribution >= 4 is 23.7 Å². The first kappa shape index (κ1) is 17.0. The Morgan fingerprint density at radius 3 is 2.76 bits per heavy atom. The highest BCUT2D eigenvalue weighted by Gasteiger charge is 2.12. The maximum absolute atomic E-state index is 11.8. The second kappa shape index (κ2) is 6.99. The molecule has 0 unspecified atom stereocenters. The number of amides is 1. The first-order chi connectivity index (χ1) is 12.0. The summed E-state index contributed by atoms with van der Waals surface area (Å²) >= 11 is 6.15. The zero-order valence-electron chi connectivity index (χ0n) is 14.2. The average Bonchev–Trinajstić information content (AvgIpc) is 3.19. The normalized spacial score (nSPS) is 11.2. The first-order valence-electron chi connectivity index (χ1n) is 7.79. The lowest BCUT2D eigenvalue weighted by molar-refractivity contribution is 0.0927. The molecule has 0 spiro atoms. The predicted molar refractivity (Wildman–Crippen MR) is 98.8 cm³/mol. The van der Waals surface area contributed by atoms with Crippen LogP contribution in [0.4, 0.5) is 0 Å². The van der Waals surface area contributed by atoms with E-state index in [-0.39, 0.29) is 11.7 Å². The Morgan fingerprint density at radius 2 is 2.04 bits per heavy atom. The molecule has 1 amide bonds. The number of benzene rings is 1. The number of nitrogens with zero attached hydrogens (tertiary/aromatic N) is 2. The second-order valence-electron chi connectivity index (χ2n) is 5.77. The van der Waals surface area contributed by atoms with Gasteiger partial charge in [-0.2, -0.15) is 5.10 Å². The molecule has 6 heteroatoms. The Hall–Kier alpha value is -2.79. The number of aryl methyl sites for hydroxylation is 2. The van der Waals surface area contributed by atoms with Crippen LogP contribution in [0.25, 0.3) is 5.69 Å². The lowest BCUT2D eigenvalue weighted by Gasteiger charge is -2.13. The molecule has 128 valence electrons. The molecule has 0 saturated carbocycles. The third-order valence-corrected chi connectivity index (χ3v) is 4.23. The second-order valence-corrected chi connectivity index (χ2v) is 6.21.